The van der Waals surface area contributed by atoms with Gasteiger partial charge in [-0.15, -0.1) is 0 Å². The zero-order valence-electron chi connectivity index (χ0n) is 16.0. The van der Waals surface area contributed by atoms with Gasteiger partial charge in [-0.25, -0.2) is 9.79 Å². The molecule has 0 amide bonds. The van der Waals surface area contributed by atoms with Crippen LogP contribution >= 0.6 is 0 Å². The maximum atomic E-state index is 12.3. The molecule has 1 heterocycles. The van der Waals surface area contributed by atoms with Gasteiger partial charge in [-0.2, -0.15) is 0 Å². The number of esters is 1. The summed E-state index contributed by atoms with van der Waals surface area (Å²) in [5.74, 6) is 1.26. The van der Waals surface area contributed by atoms with Gasteiger partial charge in [-0.3, -0.25) is 0 Å². The van der Waals surface area contributed by atoms with Gasteiger partial charge in [0.05, 0.1) is 21.3 Å². The maximum absolute atomic E-state index is 12.3. The second kappa shape index (κ2) is 7.53. The number of methoxy groups -OCH3 is 3. The Kier molecular flexibility index (Phi) is 5.16. The Morgan fingerprint density at radius 2 is 1.48 bits per heavy atom. The van der Waals surface area contributed by atoms with E-state index in [-0.39, 0.29) is 5.70 Å². The van der Waals surface area contributed by atoms with Crippen LogP contribution < -0.4 is 14.2 Å². The molecule has 0 radical (unpaired) electrons. The minimum absolute atomic E-state index is 0.207. The van der Waals surface area contributed by atoms with Crippen molar-refractivity contribution in [2.75, 3.05) is 21.3 Å². The number of carbonyl (C=O) groups excluding carboxylic acids is 1. The molecule has 0 fully saturated rings. The van der Waals surface area contributed by atoms with Gasteiger partial charge in [-0.05, 0) is 49.8 Å². The fourth-order valence-corrected chi connectivity index (χ4v) is 2.97. The molecule has 0 saturated heterocycles. The van der Waals surface area contributed by atoms with Crippen LogP contribution in [0.3, 0.4) is 0 Å². The van der Waals surface area contributed by atoms with Crippen molar-refractivity contribution < 1.29 is 23.7 Å². The fourth-order valence-electron chi connectivity index (χ4n) is 2.97. The average molecular weight is 367 g/mol. The van der Waals surface area contributed by atoms with Gasteiger partial charge in [0.1, 0.15) is 0 Å². The zero-order chi connectivity index (χ0) is 19.6. The molecule has 27 heavy (non-hydrogen) atoms. The summed E-state index contributed by atoms with van der Waals surface area (Å²) in [6.45, 7) is 3.97. The molecule has 3 rings (SSSR count). The second-order valence-electron chi connectivity index (χ2n) is 6.17. The Morgan fingerprint density at radius 1 is 0.889 bits per heavy atom. The highest BCUT2D eigenvalue weighted by atomic mass is 16.6. The summed E-state index contributed by atoms with van der Waals surface area (Å²) >= 11 is 0. The van der Waals surface area contributed by atoms with E-state index in [4.69, 9.17) is 18.9 Å². The van der Waals surface area contributed by atoms with Crippen molar-refractivity contribution in [3.63, 3.8) is 0 Å². The molecule has 0 aliphatic carbocycles. The third-order valence-electron chi connectivity index (χ3n) is 4.08. The summed E-state index contributed by atoms with van der Waals surface area (Å²) in [4.78, 5) is 16.6. The first-order valence-corrected chi connectivity index (χ1v) is 8.36. The molecule has 2 aromatic rings. The SMILES string of the molecule is COc1cc(/C=C2/N=C(c3cc(C)cc(C)c3)OC2=O)cc(OC)c1OC. The second-order valence-corrected chi connectivity index (χ2v) is 6.17. The number of rotatable bonds is 5. The van der Waals surface area contributed by atoms with Crippen molar-refractivity contribution in [1.29, 1.82) is 0 Å². The van der Waals surface area contributed by atoms with Gasteiger partial charge in [0.2, 0.25) is 11.6 Å². The molecule has 140 valence electrons. The monoisotopic (exact) mass is 367 g/mol. The highest BCUT2D eigenvalue weighted by molar-refractivity contribution is 6.13. The minimum Gasteiger partial charge on any atom is -0.493 e. The van der Waals surface area contributed by atoms with Crippen LogP contribution in [-0.4, -0.2) is 33.2 Å². The number of cyclic esters (lactones) is 1. The van der Waals surface area contributed by atoms with Crippen LogP contribution in [0.4, 0.5) is 0 Å². The molecular formula is C21H21NO5. The van der Waals surface area contributed by atoms with Crippen molar-refractivity contribution in [3.05, 3.63) is 58.3 Å². The molecule has 0 N–H and O–H groups in total. The van der Waals surface area contributed by atoms with Gasteiger partial charge in [-0.1, -0.05) is 17.2 Å². The number of hydrogen-bond donors (Lipinski definition) is 0. The van der Waals surface area contributed by atoms with E-state index in [2.05, 4.69) is 4.99 Å². The Bertz CT molecular complexity index is 914. The van der Waals surface area contributed by atoms with E-state index in [0.29, 0.717) is 28.7 Å². The average Bonchev–Trinajstić information content (AvgIpc) is 3.00. The molecule has 0 bridgehead atoms. The number of aliphatic imine (C=N–C) groups is 1. The normalized spacial score (nSPS) is 14.8. The van der Waals surface area contributed by atoms with E-state index in [1.165, 1.54) is 21.3 Å². The third kappa shape index (κ3) is 3.79. The van der Waals surface area contributed by atoms with Crippen LogP contribution in [0.2, 0.25) is 0 Å². The number of benzene rings is 2. The lowest BCUT2D eigenvalue weighted by molar-refractivity contribution is -0.129. The highest BCUT2D eigenvalue weighted by Gasteiger charge is 2.25. The van der Waals surface area contributed by atoms with Crippen LogP contribution in [0.25, 0.3) is 6.08 Å². The lowest BCUT2D eigenvalue weighted by atomic mass is 10.1. The van der Waals surface area contributed by atoms with Crippen LogP contribution in [0.15, 0.2) is 41.0 Å². The molecule has 6 nitrogen and oxygen atoms in total. The Morgan fingerprint density at radius 3 is 2.00 bits per heavy atom. The fraction of sp³-hybridized carbons (Fsp3) is 0.238. The van der Waals surface area contributed by atoms with Gasteiger partial charge in [0, 0.05) is 5.56 Å². The van der Waals surface area contributed by atoms with Gasteiger partial charge in [0.25, 0.3) is 0 Å². The number of ether oxygens (including phenoxy) is 4. The van der Waals surface area contributed by atoms with E-state index in [9.17, 15) is 4.79 Å². The first-order chi connectivity index (χ1) is 12.9. The molecular weight excluding hydrogens is 346 g/mol. The minimum atomic E-state index is -0.502. The summed E-state index contributed by atoms with van der Waals surface area (Å²) in [6.07, 6.45) is 1.63. The lowest BCUT2D eigenvalue weighted by Gasteiger charge is -2.12. The standard InChI is InChI=1S/C21H21NO5/c1-12-6-13(2)8-15(7-12)20-22-16(21(23)27-20)9-14-10-17(24-3)19(26-5)18(11-14)25-4/h6-11H,1-5H3/b16-9+. The van der Waals surface area contributed by atoms with Crippen LogP contribution in [-0.2, 0) is 9.53 Å². The predicted molar refractivity (Wildman–Crippen MR) is 103 cm³/mol. The summed E-state index contributed by atoms with van der Waals surface area (Å²) in [7, 11) is 4.61. The number of hydrogen-bond acceptors (Lipinski definition) is 6. The molecule has 0 spiro atoms. The van der Waals surface area contributed by atoms with Crippen LogP contribution in [0, 0.1) is 13.8 Å². The molecule has 1 aliphatic rings. The summed E-state index contributed by atoms with van der Waals surface area (Å²) in [5.41, 5.74) is 3.81. The Hall–Kier alpha value is -3.28. The van der Waals surface area contributed by atoms with Crippen LogP contribution in [0.5, 0.6) is 17.2 Å². The molecule has 6 heteroatoms. The van der Waals surface area contributed by atoms with E-state index in [1.807, 2.05) is 32.0 Å². The van der Waals surface area contributed by atoms with E-state index in [1.54, 1.807) is 18.2 Å². The van der Waals surface area contributed by atoms with Crippen LogP contribution in [0.1, 0.15) is 22.3 Å². The predicted octanol–water partition coefficient (Wildman–Crippen LogP) is 3.67. The first-order valence-electron chi connectivity index (χ1n) is 8.36. The first kappa shape index (κ1) is 18.5. The lowest BCUT2D eigenvalue weighted by Crippen LogP contribution is -2.06. The summed E-state index contributed by atoms with van der Waals surface area (Å²) in [5, 5.41) is 0. The Balaban J connectivity index is 2.02. The molecule has 2 aromatic carbocycles. The summed E-state index contributed by atoms with van der Waals surface area (Å²) < 4.78 is 21.4. The van der Waals surface area contributed by atoms with Gasteiger partial charge in [0.15, 0.2) is 17.2 Å². The molecule has 1 aliphatic heterocycles. The van der Waals surface area contributed by atoms with Crippen molar-refractivity contribution in [2.45, 2.75) is 13.8 Å². The zero-order valence-corrected chi connectivity index (χ0v) is 16.0. The maximum Gasteiger partial charge on any atom is 0.363 e. The smallest absolute Gasteiger partial charge is 0.363 e. The van der Waals surface area contributed by atoms with Crippen molar-refractivity contribution in [2.24, 2.45) is 4.99 Å². The van der Waals surface area contributed by atoms with Crippen molar-refractivity contribution in [3.8, 4) is 17.2 Å². The molecule has 0 aromatic heterocycles. The quantitative estimate of drug-likeness (QED) is 0.596. The molecule has 0 unspecified atom stereocenters. The van der Waals surface area contributed by atoms with Crippen molar-refractivity contribution >= 4 is 17.9 Å². The van der Waals surface area contributed by atoms with Gasteiger partial charge >= 0.3 is 5.97 Å². The molecule has 0 atom stereocenters. The van der Waals surface area contributed by atoms with Crippen molar-refractivity contribution in [1.82, 2.24) is 0 Å². The third-order valence-corrected chi connectivity index (χ3v) is 4.08. The summed E-state index contributed by atoms with van der Waals surface area (Å²) in [6, 6.07) is 9.40. The van der Waals surface area contributed by atoms with E-state index < -0.39 is 5.97 Å². The number of aryl methyl sites for hydroxylation is 2. The van der Waals surface area contributed by atoms with Gasteiger partial charge < -0.3 is 18.9 Å². The largest absolute Gasteiger partial charge is 0.493 e. The number of carbonyl (C=O) groups is 1. The molecule has 0 saturated carbocycles. The topological polar surface area (TPSA) is 66.4 Å². The highest BCUT2D eigenvalue weighted by Crippen LogP contribution is 2.39. The van der Waals surface area contributed by atoms with E-state index >= 15 is 0 Å². The van der Waals surface area contributed by atoms with E-state index in [0.717, 1.165) is 16.7 Å². The Labute approximate surface area is 158 Å². The number of nitrogens with zero attached hydrogens (tertiary/aromatic N) is 1.